The molecule has 0 unspecified atom stereocenters. The van der Waals surface area contributed by atoms with Crippen LogP contribution in [0.3, 0.4) is 0 Å². The van der Waals surface area contributed by atoms with Crippen molar-refractivity contribution in [2.24, 2.45) is 56.2 Å². The highest BCUT2D eigenvalue weighted by Gasteiger charge is 2.64. The van der Waals surface area contributed by atoms with E-state index in [0.29, 0.717) is 28.7 Å². The van der Waals surface area contributed by atoms with E-state index in [-0.39, 0.29) is 59.6 Å². The van der Waals surface area contributed by atoms with Crippen LogP contribution in [0.2, 0.25) is 0 Å². The lowest BCUT2D eigenvalue weighted by atomic mass is 9.88. The predicted molar refractivity (Wildman–Crippen MR) is 337 cm³/mol. The summed E-state index contributed by atoms with van der Waals surface area (Å²) in [4.78, 5) is 54.9. The zero-order valence-electron chi connectivity index (χ0n) is 54.4. The van der Waals surface area contributed by atoms with E-state index in [1.165, 1.54) is 6.42 Å². The van der Waals surface area contributed by atoms with Crippen molar-refractivity contribution >= 4 is 133 Å². The Morgan fingerprint density at radius 3 is 0.744 bits per heavy atom. The molecule has 1 aliphatic rings. The van der Waals surface area contributed by atoms with Crippen LogP contribution in [-0.4, -0.2) is 58.8 Å². The number of ketones is 5. The van der Waals surface area contributed by atoms with Crippen LogP contribution >= 0.6 is 104 Å². The number of hydrogen-bond donors (Lipinski definition) is 0. The molecule has 5 nitrogen and oxygen atoms in total. The molecular formula is C59H102Cl9F9O5. The van der Waals surface area contributed by atoms with Crippen LogP contribution in [0.4, 0.5) is 39.5 Å². The van der Waals surface area contributed by atoms with Crippen LogP contribution in [0.15, 0.2) is 24.3 Å². The third kappa shape index (κ3) is 52.7. The number of carbonyl (C=O) groups excluding carboxylic acids is 5. The van der Waals surface area contributed by atoms with Gasteiger partial charge in [0.1, 0.15) is 17.3 Å². The van der Waals surface area contributed by atoms with Gasteiger partial charge in [-0.2, -0.15) is 39.5 Å². The first-order chi connectivity index (χ1) is 35.1. The second kappa shape index (κ2) is 41.7. The number of alkyl halides is 18. The van der Waals surface area contributed by atoms with Crippen LogP contribution in [0, 0.1) is 56.2 Å². The lowest BCUT2D eigenvalue weighted by Gasteiger charge is -2.38. The zero-order valence-corrected chi connectivity index (χ0v) is 61.2. The van der Waals surface area contributed by atoms with Crippen LogP contribution < -0.4 is 0 Å². The maximum atomic E-state index is 11.7. The number of fused-ring (bicyclic) bond motifs is 1. The standard InChI is InChI=1S/C11H10O2.C7H14O.C6H12O.C5H6Cl6.C5H6F6.C5H10O.C5H12.C4H7Cl3.C4H7F3.C4H10.C3H8/c1-11(2)9(12)7-5-3-4-6-8(7)10(11)13;1-5-6(8)7(2,3)4;1-5(7)6(2,3)4;2*1-3(2,4(6,7)8)5(9,10)11;1-4(2)5(3)6;1-5(2,3)4;2*1-3(2)4(5,6)7;1-4(2)3;1-3-2/h3-6H,1-2H3;5H2,1-4H3;1-4H3;2*1-2H3;4H,1-3H3;1-4H3;2*3H,1-2H3;4H,1-3H3;3H2,1-2H3. The van der Waals surface area contributed by atoms with Gasteiger partial charge in [-0.05, 0) is 52.9 Å². The molecule has 0 atom stereocenters. The van der Waals surface area contributed by atoms with Crippen molar-refractivity contribution in [3.05, 3.63) is 35.4 Å². The molecular weight excluding hydrogens is 1280 g/mol. The Balaban J connectivity index is -0.000000104. The molecule has 0 radical (unpaired) electrons. The Bertz CT molecular complexity index is 1790. The normalized spacial score (nSPS) is 13.5. The molecule has 0 bridgehead atoms. The molecule has 494 valence electrons. The molecule has 1 aromatic carbocycles. The van der Waals surface area contributed by atoms with Gasteiger partial charge in [-0.1, -0.05) is 301 Å². The van der Waals surface area contributed by atoms with Crippen molar-refractivity contribution in [2.45, 2.75) is 250 Å². The smallest absolute Gasteiger partial charge is 0.300 e. The van der Waals surface area contributed by atoms with E-state index in [4.69, 9.17) is 104 Å². The summed E-state index contributed by atoms with van der Waals surface area (Å²) in [6.45, 7) is 52.6. The first kappa shape index (κ1) is 101. The molecule has 0 N–H and O–H groups in total. The number of halogens is 18. The third-order valence-corrected chi connectivity index (χ3v) is 13.9. The van der Waals surface area contributed by atoms with Gasteiger partial charge in [0.15, 0.2) is 28.4 Å². The average molecular weight is 1380 g/mol. The molecule has 0 saturated carbocycles. The minimum Gasteiger partial charge on any atom is -0.300 e. The summed E-state index contributed by atoms with van der Waals surface area (Å²) in [7, 11) is 0. The molecule has 0 saturated heterocycles. The fraction of sp³-hybridized carbons (Fsp3) is 0.814. The van der Waals surface area contributed by atoms with Crippen molar-refractivity contribution in [3.63, 3.8) is 0 Å². The van der Waals surface area contributed by atoms with Gasteiger partial charge in [-0.25, -0.2) is 0 Å². The molecule has 0 amide bonds. The van der Waals surface area contributed by atoms with Gasteiger partial charge >= 0.3 is 18.5 Å². The number of rotatable bonds is 2. The highest BCUT2D eigenvalue weighted by molar-refractivity contribution is 6.73. The van der Waals surface area contributed by atoms with E-state index < -0.39 is 52.1 Å². The van der Waals surface area contributed by atoms with Gasteiger partial charge in [-0.15, -0.1) is 0 Å². The highest BCUT2D eigenvalue weighted by atomic mass is 35.6. The second-order valence-electron chi connectivity index (χ2n) is 25.5. The van der Waals surface area contributed by atoms with Gasteiger partial charge in [0.25, 0.3) is 0 Å². The largest absolute Gasteiger partial charge is 0.402 e. The molecule has 2 rings (SSSR count). The minimum atomic E-state index is -5.24. The van der Waals surface area contributed by atoms with Crippen LogP contribution in [-0.2, 0) is 14.4 Å². The summed E-state index contributed by atoms with van der Waals surface area (Å²) in [5, 5.41) is 0. The SMILES string of the molecule is CC(=O)C(C)(C)C.CC(=O)C(C)C.CC(C)(C(Cl)(Cl)Cl)C(Cl)(Cl)Cl.CC(C)(C(F)(F)F)C(F)(F)F.CC(C)(C)C.CC(C)C.CC(C)C(Cl)(Cl)Cl.CC(C)C(F)(F)F.CC1(C)C(=O)c2ccccc2C1=O.CCC.CCC(=O)C(C)(C)C. The van der Waals surface area contributed by atoms with Crippen molar-refractivity contribution in [1.82, 2.24) is 0 Å². The Labute approximate surface area is 535 Å². The molecule has 0 aliphatic heterocycles. The maximum absolute atomic E-state index is 11.7. The maximum Gasteiger partial charge on any atom is 0.402 e. The summed E-state index contributed by atoms with van der Waals surface area (Å²) in [6.07, 6.45) is -12.6. The molecule has 23 heteroatoms. The number of Topliss-reactive ketones (excluding diaryl/α,β-unsaturated/α-hetero) is 5. The molecule has 1 aliphatic carbocycles. The molecule has 1 aromatic rings. The molecule has 0 heterocycles. The van der Waals surface area contributed by atoms with Crippen LogP contribution in [0.1, 0.15) is 241 Å². The van der Waals surface area contributed by atoms with E-state index in [2.05, 4.69) is 62.3 Å². The lowest BCUT2D eigenvalue weighted by molar-refractivity contribution is -0.327. The number of carbonyl (C=O) groups is 5. The Kier molecular flexibility index (Phi) is 51.1. The Hall–Kier alpha value is -0.450. The van der Waals surface area contributed by atoms with Crippen LogP contribution in [0.25, 0.3) is 0 Å². The van der Waals surface area contributed by atoms with Gasteiger partial charge < -0.3 is 0 Å². The summed E-state index contributed by atoms with van der Waals surface area (Å²) >= 11 is 49.7. The summed E-state index contributed by atoms with van der Waals surface area (Å²) < 4.78 is 98.9. The van der Waals surface area contributed by atoms with E-state index >= 15 is 0 Å². The fourth-order valence-corrected chi connectivity index (χ4v) is 3.79. The summed E-state index contributed by atoms with van der Waals surface area (Å²) in [6, 6.07) is 6.99. The molecule has 0 fully saturated rings. The monoisotopic (exact) mass is 1380 g/mol. The summed E-state index contributed by atoms with van der Waals surface area (Å²) in [5.74, 6) is 0.649. The van der Waals surface area contributed by atoms with Gasteiger partial charge in [-0.3, -0.25) is 24.0 Å². The van der Waals surface area contributed by atoms with Crippen molar-refractivity contribution in [1.29, 1.82) is 0 Å². The van der Waals surface area contributed by atoms with E-state index in [0.717, 1.165) is 19.8 Å². The van der Waals surface area contributed by atoms with E-state index in [9.17, 15) is 63.5 Å². The van der Waals surface area contributed by atoms with Crippen molar-refractivity contribution in [3.8, 4) is 0 Å². The van der Waals surface area contributed by atoms with Gasteiger partial charge in [0, 0.05) is 46.1 Å². The molecule has 0 aromatic heterocycles. The first-order valence-electron chi connectivity index (χ1n) is 26.3. The van der Waals surface area contributed by atoms with E-state index in [1.54, 1.807) is 65.8 Å². The number of hydrogen-bond acceptors (Lipinski definition) is 5. The fourth-order valence-electron chi connectivity index (χ4n) is 2.51. The average Bonchev–Trinajstić information content (AvgIpc) is 3.37. The zero-order chi connectivity index (χ0) is 69.6. The second-order valence-corrected chi connectivity index (χ2v) is 32.4. The third-order valence-electron chi connectivity index (χ3n) is 9.72. The molecule has 82 heavy (non-hydrogen) atoms. The van der Waals surface area contributed by atoms with Crippen molar-refractivity contribution < 1.29 is 63.5 Å². The topological polar surface area (TPSA) is 85.3 Å². The van der Waals surface area contributed by atoms with Crippen LogP contribution in [0.5, 0.6) is 0 Å². The van der Waals surface area contributed by atoms with Gasteiger partial charge in [0.2, 0.25) is 0 Å². The lowest BCUT2D eigenvalue weighted by Crippen LogP contribution is -2.44. The van der Waals surface area contributed by atoms with E-state index in [1.807, 2.05) is 76.2 Å². The van der Waals surface area contributed by atoms with Crippen molar-refractivity contribution in [2.75, 3.05) is 0 Å². The first-order valence-corrected chi connectivity index (χ1v) is 29.7. The Morgan fingerprint density at radius 1 is 0.488 bits per heavy atom. The quantitative estimate of drug-likeness (QED) is 0.167. The molecule has 0 spiro atoms. The predicted octanol–water partition coefficient (Wildman–Crippen LogP) is 25.2. The van der Waals surface area contributed by atoms with Gasteiger partial charge in [0.05, 0.1) is 10.8 Å². The summed E-state index contributed by atoms with van der Waals surface area (Å²) in [5.41, 5.74) is -4.15. The Morgan fingerprint density at radius 2 is 0.683 bits per heavy atom. The minimum absolute atomic E-state index is 0.0619. The number of benzene rings is 1. The highest BCUT2D eigenvalue weighted by Crippen LogP contribution is 2.57.